The number of nitrogens with one attached hydrogen (secondary N) is 1. The molecule has 0 aliphatic rings. The van der Waals surface area contributed by atoms with Crippen molar-refractivity contribution in [3.63, 3.8) is 0 Å². The Labute approximate surface area is 138 Å². The predicted molar refractivity (Wildman–Crippen MR) is 94.7 cm³/mol. The highest BCUT2D eigenvalue weighted by Gasteiger charge is 2.21. The van der Waals surface area contributed by atoms with E-state index < -0.39 is 5.60 Å². The van der Waals surface area contributed by atoms with E-state index in [0.29, 0.717) is 25.6 Å². The number of aliphatic imine (C=N–C) groups is 1. The maximum Gasteiger partial charge on any atom is 0.410 e. The molecule has 3 N–H and O–H groups in total. The Morgan fingerprint density at radius 2 is 1.91 bits per heavy atom. The number of nitrogens with zero attached hydrogens (tertiary/aromatic N) is 2. The van der Waals surface area contributed by atoms with Crippen molar-refractivity contribution in [3.05, 3.63) is 30.3 Å². The zero-order valence-corrected chi connectivity index (χ0v) is 14.5. The minimum Gasteiger partial charge on any atom is -0.444 e. The molecule has 1 amide bonds. The number of guanidine groups is 1. The van der Waals surface area contributed by atoms with Gasteiger partial charge in [0.05, 0.1) is 6.54 Å². The number of amides is 1. The van der Waals surface area contributed by atoms with Gasteiger partial charge in [-0.2, -0.15) is 0 Å². The van der Waals surface area contributed by atoms with Crippen molar-refractivity contribution in [1.29, 1.82) is 0 Å². The number of nitrogens with two attached hydrogens (primary N) is 1. The molecule has 6 nitrogen and oxygen atoms in total. The van der Waals surface area contributed by atoms with Crippen LogP contribution in [0.25, 0.3) is 0 Å². The Kier molecular flexibility index (Phi) is 7.38. The van der Waals surface area contributed by atoms with Crippen LogP contribution in [0.4, 0.5) is 10.5 Å². The number of carbonyl (C=O) groups is 1. The van der Waals surface area contributed by atoms with Crippen LogP contribution in [0, 0.1) is 0 Å². The van der Waals surface area contributed by atoms with Crippen molar-refractivity contribution in [3.8, 4) is 0 Å². The molecule has 0 saturated heterocycles. The number of hydrogen-bond acceptors (Lipinski definition) is 3. The van der Waals surface area contributed by atoms with Crippen LogP contribution < -0.4 is 11.1 Å². The summed E-state index contributed by atoms with van der Waals surface area (Å²) in [7, 11) is 0. The molecule has 0 spiro atoms. The predicted octanol–water partition coefficient (Wildman–Crippen LogP) is 3.06. The molecule has 1 aromatic carbocycles. The van der Waals surface area contributed by atoms with Crippen molar-refractivity contribution in [2.24, 2.45) is 10.7 Å². The van der Waals surface area contributed by atoms with Gasteiger partial charge in [0.25, 0.3) is 0 Å². The first-order chi connectivity index (χ1) is 10.8. The minimum atomic E-state index is -0.500. The van der Waals surface area contributed by atoms with Gasteiger partial charge in [0.1, 0.15) is 5.60 Å². The van der Waals surface area contributed by atoms with Gasteiger partial charge in [-0.3, -0.25) is 4.99 Å². The van der Waals surface area contributed by atoms with Crippen molar-refractivity contribution >= 4 is 17.7 Å². The highest BCUT2D eigenvalue weighted by Crippen LogP contribution is 2.10. The Bertz CT molecular complexity index is 509. The Morgan fingerprint density at radius 1 is 1.26 bits per heavy atom. The number of benzene rings is 1. The zero-order chi connectivity index (χ0) is 17.3. The quantitative estimate of drug-likeness (QED) is 0.623. The molecule has 1 aromatic rings. The van der Waals surface area contributed by atoms with E-state index in [2.05, 4.69) is 10.3 Å². The van der Waals surface area contributed by atoms with E-state index in [1.165, 1.54) is 0 Å². The molecule has 0 heterocycles. The molecule has 0 fully saturated rings. The smallest absolute Gasteiger partial charge is 0.410 e. The van der Waals surface area contributed by atoms with Gasteiger partial charge < -0.3 is 20.7 Å². The van der Waals surface area contributed by atoms with E-state index in [9.17, 15) is 4.79 Å². The molecular formula is C17H28N4O2. The van der Waals surface area contributed by atoms with Crippen molar-refractivity contribution in [1.82, 2.24) is 4.90 Å². The molecule has 0 atom stereocenters. The monoisotopic (exact) mass is 320 g/mol. The molecule has 128 valence electrons. The summed E-state index contributed by atoms with van der Waals surface area (Å²) in [5, 5.41) is 3.01. The lowest BCUT2D eigenvalue weighted by Gasteiger charge is -2.26. The number of hydrogen-bond donors (Lipinski definition) is 2. The Hall–Kier alpha value is -2.24. The lowest BCUT2D eigenvalue weighted by molar-refractivity contribution is 0.0256. The first-order valence-electron chi connectivity index (χ1n) is 7.91. The van der Waals surface area contributed by atoms with Gasteiger partial charge >= 0.3 is 6.09 Å². The van der Waals surface area contributed by atoms with Crippen LogP contribution in [0.15, 0.2) is 35.3 Å². The molecular weight excluding hydrogens is 292 g/mol. The molecule has 0 unspecified atom stereocenters. The van der Waals surface area contributed by atoms with Gasteiger partial charge in [-0.25, -0.2) is 4.79 Å². The first kappa shape index (κ1) is 18.8. The second kappa shape index (κ2) is 9.02. The summed E-state index contributed by atoms with van der Waals surface area (Å²) in [5.74, 6) is 0.330. The lowest BCUT2D eigenvalue weighted by Crippen LogP contribution is -2.39. The number of anilines is 1. The van der Waals surface area contributed by atoms with Crippen molar-refractivity contribution in [2.75, 3.05) is 25.0 Å². The van der Waals surface area contributed by atoms with Crippen molar-refractivity contribution < 1.29 is 9.53 Å². The first-order valence-corrected chi connectivity index (χ1v) is 7.91. The summed E-state index contributed by atoms with van der Waals surface area (Å²) in [6, 6.07) is 9.59. The fourth-order valence-corrected chi connectivity index (χ4v) is 1.89. The normalized spacial score (nSPS) is 11.9. The molecule has 0 aliphatic carbocycles. The molecule has 1 rings (SSSR count). The zero-order valence-electron chi connectivity index (χ0n) is 14.5. The van der Waals surface area contributed by atoms with Gasteiger partial charge in [-0.05, 0) is 39.3 Å². The Morgan fingerprint density at radius 3 is 2.48 bits per heavy atom. The van der Waals surface area contributed by atoms with Gasteiger partial charge in [0, 0.05) is 18.8 Å². The summed E-state index contributed by atoms with van der Waals surface area (Å²) in [5.41, 5.74) is 6.23. The fraction of sp³-hybridized carbons (Fsp3) is 0.529. The van der Waals surface area contributed by atoms with Crippen LogP contribution in [-0.2, 0) is 4.74 Å². The molecule has 23 heavy (non-hydrogen) atoms. The van der Waals surface area contributed by atoms with E-state index in [1.807, 2.05) is 58.0 Å². The van der Waals surface area contributed by atoms with E-state index in [0.717, 1.165) is 12.1 Å². The highest BCUT2D eigenvalue weighted by molar-refractivity contribution is 5.92. The summed E-state index contributed by atoms with van der Waals surface area (Å²) in [4.78, 5) is 18.0. The molecule has 0 radical (unpaired) electrons. The molecule has 0 aromatic heterocycles. The fourth-order valence-electron chi connectivity index (χ4n) is 1.89. The third-order valence-electron chi connectivity index (χ3n) is 2.84. The van der Waals surface area contributed by atoms with Crippen molar-refractivity contribution in [2.45, 2.75) is 39.7 Å². The van der Waals surface area contributed by atoms with E-state index in [4.69, 9.17) is 10.5 Å². The van der Waals surface area contributed by atoms with E-state index >= 15 is 0 Å². The number of para-hydroxylation sites is 1. The van der Waals surface area contributed by atoms with Crippen LogP contribution in [0.2, 0.25) is 0 Å². The van der Waals surface area contributed by atoms with Gasteiger partial charge in [0.15, 0.2) is 5.96 Å². The van der Waals surface area contributed by atoms with Crippen LogP contribution in [0.5, 0.6) is 0 Å². The summed E-state index contributed by atoms with van der Waals surface area (Å²) in [6.45, 7) is 9.12. The third kappa shape index (κ3) is 8.09. The SMILES string of the molecule is CCCN(CCN=C(N)Nc1ccccc1)C(=O)OC(C)(C)C. The van der Waals surface area contributed by atoms with Crippen LogP contribution in [0.3, 0.4) is 0 Å². The summed E-state index contributed by atoms with van der Waals surface area (Å²) >= 11 is 0. The van der Waals surface area contributed by atoms with E-state index in [-0.39, 0.29) is 6.09 Å². The second-order valence-electron chi connectivity index (χ2n) is 6.23. The van der Waals surface area contributed by atoms with Gasteiger partial charge in [-0.1, -0.05) is 25.1 Å². The van der Waals surface area contributed by atoms with Gasteiger partial charge in [-0.15, -0.1) is 0 Å². The average molecular weight is 320 g/mol. The maximum atomic E-state index is 12.1. The van der Waals surface area contributed by atoms with Gasteiger partial charge in [0.2, 0.25) is 0 Å². The largest absolute Gasteiger partial charge is 0.444 e. The van der Waals surface area contributed by atoms with Crippen LogP contribution in [-0.4, -0.2) is 42.2 Å². The molecule has 0 aliphatic heterocycles. The summed E-state index contributed by atoms with van der Waals surface area (Å²) < 4.78 is 5.40. The van der Waals surface area contributed by atoms with E-state index in [1.54, 1.807) is 4.90 Å². The standard InChI is InChI=1S/C17H28N4O2/c1-5-12-21(16(22)23-17(2,3)4)13-11-19-15(18)20-14-9-7-6-8-10-14/h6-10H,5,11-13H2,1-4H3,(H3,18,19,20). The Balaban J connectivity index is 2.51. The third-order valence-corrected chi connectivity index (χ3v) is 2.84. The average Bonchev–Trinajstić information content (AvgIpc) is 2.45. The molecule has 6 heteroatoms. The topological polar surface area (TPSA) is 80.0 Å². The summed E-state index contributed by atoms with van der Waals surface area (Å²) in [6.07, 6.45) is 0.546. The number of ether oxygens (including phenoxy) is 1. The number of carbonyl (C=O) groups excluding carboxylic acids is 1. The minimum absolute atomic E-state index is 0.316. The second-order valence-corrected chi connectivity index (χ2v) is 6.23. The van der Waals surface area contributed by atoms with Crippen LogP contribution >= 0.6 is 0 Å². The maximum absolute atomic E-state index is 12.1. The highest BCUT2D eigenvalue weighted by atomic mass is 16.6. The van der Waals surface area contributed by atoms with Crippen LogP contribution in [0.1, 0.15) is 34.1 Å². The number of rotatable bonds is 6. The molecule has 0 saturated carbocycles. The molecule has 0 bridgehead atoms. The lowest BCUT2D eigenvalue weighted by atomic mass is 10.2.